The summed E-state index contributed by atoms with van der Waals surface area (Å²) < 4.78 is 26.2. The first-order valence-corrected chi connectivity index (χ1v) is 8.57. The Morgan fingerprint density at radius 3 is 2.79 bits per heavy atom. The van der Waals surface area contributed by atoms with Gasteiger partial charge in [-0.1, -0.05) is 12.5 Å². The Kier molecular flexibility index (Phi) is 6.54. The molecule has 1 N–H and O–H groups in total. The molecule has 1 saturated heterocycles. The van der Waals surface area contributed by atoms with E-state index in [4.69, 9.17) is 0 Å². The molecule has 1 aromatic rings. The van der Waals surface area contributed by atoms with Crippen LogP contribution in [0, 0.1) is 11.6 Å². The minimum absolute atomic E-state index is 0.212. The van der Waals surface area contributed by atoms with Crippen LogP contribution in [0.4, 0.5) is 13.6 Å². The lowest BCUT2D eigenvalue weighted by Crippen LogP contribution is -2.50. The van der Waals surface area contributed by atoms with Crippen molar-refractivity contribution in [3.8, 4) is 0 Å². The van der Waals surface area contributed by atoms with Gasteiger partial charge in [0.15, 0.2) is 11.6 Å². The first-order valence-electron chi connectivity index (χ1n) is 8.57. The SMILES string of the molecule is C[C@@H]1CCCCN1[C@H](C)CNC(=O)N(C)Cc1ccc(F)c(F)c1. The van der Waals surface area contributed by atoms with Gasteiger partial charge in [-0.05, 0) is 50.9 Å². The molecule has 4 nitrogen and oxygen atoms in total. The van der Waals surface area contributed by atoms with Crippen molar-refractivity contribution in [2.75, 3.05) is 20.1 Å². The van der Waals surface area contributed by atoms with E-state index >= 15 is 0 Å². The van der Waals surface area contributed by atoms with Crippen molar-refractivity contribution in [3.05, 3.63) is 35.4 Å². The molecule has 0 saturated carbocycles. The summed E-state index contributed by atoms with van der Waals surface area (Å²) in [6, 6.07) is 4.30. The summed E-state index contributed by atoms with van der Waals surface area (Å²) >= 11 is 0. The average Bonchev–Trinajstić information content (AvgIpc) is 2.56. The molecule has 1 heterocycles. The Morgan fingerprint density at radius 1 is 1.38 bits per heavy atom. The van der Waals surface area contributed by atoms with Gasteiger partial charge in [0, 0.05) is 32.2 Å². The fraction of sp³-hybridized carbons (Fsp3) is 0.611. The van der Waals surface area contributed by atoms with Crippen molar-refractivity contribution in [3.63, 3.8) is 0 Å². The Morgan fingerprint density at radius 2 is 2.12 bits per heavy atom. The zero-order valence-corrected chi connectivity index (χ0v) is 14.7. The second-order valence-corrected chi connectivity index (χ2v) is 6.72. The molecule has 2 rings (SSSR count). The van der Waals surface area contributed by atoms with Crippen LogP contribution in [-0.2, 0) is 6.54 Å². The number of piperidine rings is 1. The second-order valence-electron chi connectivity index (χ2n) is 6.72. The van der Waals surface area contributed by atoms with E-state index in [9.17, 15) is 13.6 Å². The van der Waals surface area contributed by atoms with Crippen LogP contribution in [0.3, 0.4) is 0 Å². The number of benzene rings is 1. The van der Waals surface area contributed by atoms with Crippen LogP contribution in [0.25, 0.3) is 0 Å². The molecule has 0 aliphatic carbocycles. The van der Waals surface area contributed by atoms with E-state index < -0.39 is 11.6 Å². The fourth-order valence-electron chi connectivity index (χ4n) is 3.25. The number of nitrogens with zero attached hydrogens (tertiary/aromatic N) is 2. The molecular formula is C18H27F2N3O. The molecule has 1 aromatic carbocycles. The minimum Gasteiger partial charge on any atom is -0.336 e. The summed E-state index contributed by atoms with van der Waals surface area (Å²) in [5.41, 5.74) is 0.559. The van der Waals surface area contributed by atoms with Gasteiger partial charge in [-0.15, -0.1) is 0 Å². The number of amides is 2. The molecule has 1 aliphatic rings. The lowest BCUT2D eigenvalue weighted by atomic mass is 10.0. The molecule has 0 bridgehead atoms. The highest BCUT2D eigenvalue weighted by Gasteiger charge is 2.23. The molecular weight excluding hydrogens is 312 g/mol. The highest BCUT2D eigenvalue weighted by Crippen LogP contribution is 2.18. The molecule has 134 valence electrons. The van der Waals surface area contributed by atoms with E-state index in [0.717, 1.165) is 18.7 Å². The maximum atomic E-state index is 13.2. The summed E-state index contributed by atoms with van der Waals surface area (Å²) in [6.07, 6.45) is 3.68. The van der Waals surface area contributed by atoms with Gasteiger partial charge in [0.1, 0.15) is 0 Å². The van der Waals surface area contributed by atoms with E-state index in [0.29, 0.717) is 18.2 Å². The molecule has 2 amide bonds. The van der Waals surface area contributed by atoms with Crippen LogP contribution < -0.4 is 5.32 Å². The van der Waals surface area contributed by atoms with Crippen LogP contribution >= 0.6 is 0 Å². The fourth-order valence-corrected chi connectivity index (χ4v) is 3.25. The van der Waals surface area contributed by atoms with E-state index in [-0.39, 0.29) is 18.6 Å². The monoisotopic (exact) mass is 339 g/mol. The number of urea groups is 1. The summed E-state index contributed by atoms with van der Waals surface area (Å²) in [6.45, 7) is 6.23. The highest BCUT2D eigenvalue weighted by atomic mass is 19.2. The third-order valence-corrected chi connectivity index (χ3v) is 4.72. The Labute approximate surface area is 142 Å². The average molecular weight is 339 g/mol. The quantitative estimate of drug-likeness (QED) is 0.893. The van der Waals surface area contributed by atoms with Gasteiger partial charge in [0.05, 0.1) is 0 Å². The van der Waals surface area contributed by atoms with Crippen LogP contribution in [0.2, 0.25) is 0 Å². The first kappa shape index (κ1) is 18.6. The Bertz CT molecular complexity index is 567. The number of rotatable bonds is 5. The highest BCUT2D eigenvalue weighted by molar-refractivity contribution is 5.73. The first-order chi connectivity index (χ1) is 11.4. The summed E-state index contributed by atoms with van der Waals surface area (Å²) in [5, 5.41) is 2.92. The summed E-state index contributed by atoms with van der Waals surface area (Å²) in [4.78, 5) is 16.1. The molecule has 1 aliphatic heterocycles. The van der Waals surface area contributed by atoms with Gasteiger partial charge >= 0.3 is 6.03 Å². The van der Waals surface area contributed by atoms with E-state index in [1.54, 1.807) is 7.05 Å². The van der Waals surface area contributed by atoms with Gasteiger partial charge in [0.2, 0.25) is 0 Å². The van der Waals surface area contributed by atoms with Crippen LogP contribution in [0.5, 0.6) is 0 Å². The van der Waals surface area contributed by atoms with Gasteiger partial charge in [-0.2, -0.15) is 0 Å². The minimum atomic E-state index is -0.894. The van der Waals surface area contributed by atoms with Crippen LogP contribution in [0.1, 0.15) is 38.7 Å². The van der Waals surface area contributed by atoms with E-state index in [1.807, 2.05) is 0 Å². The van der Waals surface area contributed by atoms with Crippen molar-refractivity contribution < 1.29 is 13.6 Å². The van der Waals surface area contributed by atoms with Gasteiger partial charge in [0.25, 0.3) is 0 Å². The van der Waals surface area contributed by atoms with Crippen LogP contribution in [-0.4, -0.2) is 48.1 Å². The molecule has 0 aromatic heterocycles. The third kappa shape index (κ3) is 4.90. The van der Waals surface area contributed by atoms with Gasteiger partial charge < -0.3 is 10.2 Å². The molecule has 0 unspecified atom stereocenters. The summed E-state index contributed by atoms with van der Waals surface area (Å²) in [5.74, 6) is -1.77. The van der Waals surface area contributed by atoms with Crippen molar-refractivity contribution in [2.24, 2.45) is 0 Å². The Balaban J connectivity index is 1.81. The van der Waals surface area contributed by atoms with Crippen LogP contribution in [0.15, 0.2) is 18.2 Å². The number of carbonyl (C=O) groups excluding carboxylic acids is 1. The zero-order chi connectivity index (χ0) is 17.7. The van der Waals surface area contributed by atoms with Crippen molar-refractivity contribution >= 4 is 6.03 Å². The number of hydrogen-bond donors (Lipinski definition) is 1. The summed E-state index contributed by atoms with van der Waals surface area (Å²) in [7, 11) is 1.64. The zero-order valence-electron chi connectivity index (χ0n) is 14.7. The topological polar surface area (TPSA) is 35.6 Å². The van der Waals surface area contributed by atoms with Crippen molar-refractivity contribution in [2.45, 2.75) is 51.7 Å². The Hall–Kier alpha value is -1.69. The molecule has 6 heteroatoms. The van der Waals surface area contributed by atoms with Crippen molar-refractivity contribution in [1.29, 1.82) is 0 Å². The number of likely N-dealkylation sites (tertiary alicyclic amines) is 1. The van der Waals surface area contributed by atoms with E-state index in [2.05, 4.69) is 24.1 Å². The maximum absolute atomic E-state index is 13.2. The number of nitrogens with one attached hydrogen (secondary N) is 1. The number of hydrogen-bond acceptors (Lipinski definition) is 2. The van der Waals surface area contributed by atoms with Gasteiger partial charge in [-0.3, -0.25) is 4.90 Å². The molecule has 2 atom stereocenters. The predicted molar refractivity (Wildman–Crippen MR) is 90.7 cm³/mol. The smallest absolute Gasteiger partial charge is 0.317 e. The number of carbonyl (C=O) groups is 1. The molecule has 0 spiro atoms. The normalized spacial score (nSPS) is 19.8. The standard InChI is InChI=1S/C18H27F2N3O/c1-13-6-4-5-9-23(13)14(2)11-21-18(24)22(3)12-15-7-8-16(19)17(20)10-15/h7-8,10,13-14H,4-6,9,11-12H2,1-3H3,(H,21,24)/t13-,14-/m1/s1. The largest absolute Gasteiger partial charge is 0.336 e. The lowest BCUT2D eigenvalue weighted by molar-refractivity contribution is 0.112. The molecule has 1 fully saturated rings. The lowest BCUT2D eigenvalue weighted by Gasteiger charge is -2.38. The maximum Gasteiger partial charge on any atom is 0.317 e. The number of halogens is 2. The molecule has 24 heavy (non-hydrogen) atoms. The second kappa shape index (κ2) is 8.42. The predicted octanol–water partition coefficient (Wildman–Crippen LogP) is 3.37. The van der Waals surface area contributed by atoms with Gasteiger partial charge in [-0.25, -0.2) is 13.6 Å². The van der Waals surface area contributed by atoms with E-state index in [1.165, 1.54) is 30.2 Å². The molecule has 0 radical (unpaired) electrons. The third-order valence-electron chi connectivity index (χ3n) is 4.72. The van der Waals surface area contributed by atoms with Crippen molar-refractivity contribution in [1.82, 2.24) is 15.1 Å².